The average molecular weight is 956 g/mol. The van der Waals surface area contributed by atoms with E-state index in [-0.39, 0.29) is 25.8 Å². The van der Waals surface area contributed by atoms with Crippen LogP contribution in [0.3, 0.4) is 0 Å². The molecule has 2 atom stereocenters. The van der Waals surface area contributed by atoms with Gasteiger partial charge in [0.05, 0.1) is 34.4 Å². The van der Waals surface area contributed by atoms with Crippen LogP contribution in [0.4, 0.5) is 0 Å². The van der Waals surface area contributed by atoms with Crippen molar-refractivity contribution in [2.75, 3.05) is 54.1 Å². The maximum atomic E-state index is 12.8. The Kier molecular flexibility index (Phi) is 49.6. The van der Waals surface area contributed by atoms with Crippen LogP contribution in [0.25, 0.3) is 0 Å². The van der Waals surface area contributed by atoms with E-state index >= 15 is 0 Å². The number of nitrogens with zero attached hydrogens (tertiary/aromatic N) is 1. The lowest BCUT2D eigenvalue weighted by molar-refractivity contribution is -0.870. The molecule has 0 saturated heterocycles. The molecule has 66 heavy (non-hydrogen) atoms. The highest BCUT2D eigenvalue weighted by molar-refractivity contribution is 7.47. The Morgan fingerprint density at radius 3 is 1.23 bits per heavy atom. The molecule has 0 amide bonds. The van der Waals surface area contributed by atoms with Crippen LogP contribution in [-0.2, 0) is 27.9 Å². The summed E-state index contributed by atoms with van der Waals surface area (Å²) < 4.78 is 35.3. The highest BCUT2D eigenvalue weighted by Gasteiger charge is 2.26. The van der Waals surface area contributed by atoms with Crippen molar-refractivity contribution in [1.82, 2.24) is 0 Å². The van der Waals surface area contributed by atoms with E-state index < -0.39 is 13.9 Å². The van der Waals surface area contributed by atoms with E-state index in [1.165, 1.54) is 218 Å². The van der Waals surface area contributed by atoms with Crippen molar-refractivity contribution in [2.45, 2.75) is 283 Å². The smallest absolute Gasteiger partial charge is 0.457 e. The van der Waals surface area contributed by atoms with Crippen LogP contribution in [0.5, 0.6) is 0 Å². The number of quaternary nitrogens is 1. The van der Waals surface area contributed by atoms with E-state index in [1.807, 2.05) is 21.1 Å². The van der Waals surface area contributed by atoms with Gasteiger partial charge < -0.3 is 18.9 Å². The number of carbonyl (C=O) groups is 1. The van der Waals surface area contributed by atoms with Gasteiger partial charge in [0.2, 0.25) is 0 Å². The van der Waals surface area contributed by atoms with Crippen LogP contribution in [-0.4, -0.2) is 75.6 Å². The lowest BCUT2D eigenvalue weighted by Crippen LogP contribution is -2.37. The Balaban J connectivity index is 4.05. The molecule has 1 N–H and O–H groups in total. The molecule has 0 fully saturated rings. The van der Waals surface area contributed by atoms with Crippen molar-refractivity contribution in [3.05, 3.63) is 24.3 Å². The van der Waals surface area contributed by atoms with Gasteiger partial charge in [0.25, 0.3) is 0 Å². The summed E-state index contributed by atoms with van der Waals surface area (Å²) in [5.74, 6) is -0.307. The van der Waals surface area contributed by atoms with Crippen molar-refractivity contribution >= 4 is 13.8 Å². The second-order valence-corrected chi connectivity index (χ2v) is 22.1. The largest absolute Gasteiger partial charge is 0.472 e. The van der Waals surface area contributed by atoms with Crippen LogP contribution < -0.4 is 0 Å². The zero-order chi connectivity index (χ0) is 48.3. The summed E-state index contributed by atoms with van der Waals surface area (Å²) in [6.07, 6.45) is 60.9. The fourth-order valence-electron chi connectivity index (χ4n) is 8.35. The van der Waals surface area contributed by atoms with Gasteiger partial charge in [0.15, 0.2) is 0 Å². The van der Waals surface area contributed by atoms with Crippen molar-refractivity contribution in [2.24, 2.45) is 0 Å². The number of esters is 1. The minimum atomic E-state index is -4.28. The maximum absolute atomic E-state index is 12.8. The standard InChI is InChI=1S/C57H112NO7P/c1-6-8-10-12-14-16-18-20-22-24-26-28-30-32-34-36-38-40-42-44-46-48-50-57(59)65-56(55-64-66(60,61)63-53-51-58(3,4)5)54-62-52-49-47-45-43-41-39-37-35-33-31-29-27-25-23-21-19-17-15-13-11-9-7-2/h19,21,25,27,56H,6-18,20,22-24,26,28-55H2,1-5H3/p+1/b21-19-,27-25-. The molecule has 0 aliphatic rings. The molecule has 392 valence electrons. The highest BCUT2D eigenvalue weighted by atomic mass is 31.2. The third kappa shape index (κ3) is 53.9. The number of likely N-dealkylation sites (N-methyl/N-ethyl adjacent to an activating group) is 1. The molecule has 0 aromatic rings. The molecular weight excluding hydrogens is 842 g/mol. The molecular formula is C57H113NO7P+. The van der Waals surface area contributed by atoms with Gasteiger partial charge in [-0.3, -0.25) is 13.8 Å². The van der Waals surface area contributed by atoms with Gasteiger partial charge in [-0.1, -0.05) is 250 Å². The molecule has 0 aliphatic carbocycles. The summed E-state index contributed by atoms with van der Waals surface area (Å²) in [5, 5.41) is 0. The first-order chi connectivity index (χ1) is 32.1. The van der Waals surface area contributed by atoms with Gasteiger partial charge >= 0.3 is 13.8 Å². The number of unbranched alkanes of at least 4 members (excludes halogenated alkanes) is 36. The SMILES string of the molecule is CCCCCCC/C=C\C/C=C\CCCCCCCCCCCCOCC(COP(=O)(O)OCC[N+](C)(C)C)OC(=O)CCCCCCCCCCCCCCCCCCCCCCCC. The third-order valence-electron chi connectivity index (χ3n) is 12.8. The van der Waals surface area contributed by atoms with E-state index in [2.05, 4.69) is 38.2 Å². The number of ether oxygens (including phenoxy) is 2. The Hall–Kier alpha value is -1.02. The molecule has 0 aromatic heterocycles. The van der Waals surface area contributed by atoms with E-state index in [1.54, 1.807) is 0 Å². The fraction of sp³-hybridized carbons (Fsp3) is 0.912. The summed E-state index contributed by atoms with van der Waals surface area (Å²) in [6.45, 7) is 5.67. The quantitative estimate of drug-likeness (QED) is 0.0213. The number of hydrogen-bond donors (Lipinski definition) is 1. The first-order valence-corrected chi connectivity index (χ1v) is 30.1. The van der Waals surface area contributed by atoms with Crippen molar-refractivity contribution in [3.8, 4) is 0 Å². The molecule has 9 heteroatoms. The van der Waals surface area contributed by atoms with E-state index in [9.17, 15) is 14.3 Å². The Bertz CT molecular complexity index is 1110. The number of hydrogen-bond acceptors (Lipinski definition) is 6. The number of phosphoric acid groups is 1. The van der Waals surface area contributed by atoms with Gasteiger partial charge in [0.1, 0.15) is 19.3 Å². The Morgan fingerprint density at radius 2 is 0.833 bits per heavy atom. The van der Waals surface area contributed by atoms with Crippen LogP contribution in [0.1, 0.15) is 277 Å². The number of phosphoric ester groups is 1. The zero-order valence-corrected chi connectivity index (χ0v) is 45.6. The van der Waals surface area contributed by atoms with Crippen molar-refractivity contribution in [1.29, 1.82) is 0 Å². The predicted molar refractivity (Wildman–Crippen MR) is 284 cm³/mol. The summed E-state index contributed by atoms with van der Waals surface area (Å²) in [7, 11) is 1.68. The van der Waals surface area contributed by atoms with E-state index in [0.717, 1.165) is 38.5 Å². The van der Waals surface area contributed by atoms with Gasteiger partial charge in [-0.15, -0.1) is 0 Å². The second-order valence-electron chi connectivity index (χ2n) is 20.7. The van der Waals surface area contributed by atoms with Gasteiger partial charge in [0, 0.05) is 13.0 Å². The number of carbonyl (C=O) groups excluding carboxylic acids is 1. The summed E-state index contributed by atoms with van der Waals surface area (Å²) >= 11 is 0. The van der Waals surface area contributed by atoms with Gasteiger partial charge in [-0.05, 0) is 44.9 Å². The number of rotatable bonds is 54. The lowest BCUT2D eigenvalue weighted by Gasteiger charge is -2.24. The molecule has 0 bridgehead atoms. The van der Waals surface area contributed by atoms with Gasteiger partial charge in [-0.2, -0.15) is 0 Å². The molecule has 0 spiro atoms. The first-order valence-electron chi connectivity index (χ1n) is 28.6. The van der Waals surface area contributed by atoms with Crippen molar-refractivity contribution < 1.29 is 37.3 Å². The van der Waals surface area contributed by atoms with Crippen LogP contribution >= 0.6 is 7.82 Å². The minimum Gasteiger partial charge on any atom is -0.457 e. The molecule has 2 unspecified atom stereocenters. The molecule has 0 rings (SSSR count). The fourth-order valence-corrected chi connectivity index (χ4v) is 9.09. The highest BCUT2D eigenvalue weighted by Crippen LogP contribution is 2.43. The van der Waals surface area contributed by atoms with E-state index in [4.69, 9.17) is 18.5 Å². The zero-order valence-electron chi connectivity index (χ0n) is 44.7. The van der Waals surface area contributed by atoms with Crippen LogP contribution in [0, 0.1) is 0 Å². The van der Waals surface area contributed by atoms with Crippen LogP contribution in [0.2, 0.25) is 0 Å². The first kappa shape index (κ1) is 65.0. The molecule has 0 saturated carbocycles. The maximum Gasteiger partial charge on any atom is 0.472 e. The third-order valence-corrected chi connectivity index (χ3v) is 13.7. The topological polar surface area (TPSA) is 91.3 Å². The lowest BCUT2D eigenvalue weighted by atomic mass is 10.0. The Labute approximate surface area is 411 Å². The molecule has 8 nitrogen and oxygen atoms in total. The molecule has 0 heterocycles. The Morgan fingerprint density at radius 1 is 0.470 bits per heavy atom. The second kappa shape index (κ2) is 50.4. The number of allylic oxidation sites excluding steroid dienone is 4. The normalized spacial score (nSPS) is 13.6. The van der Waals surface area contributed by atoms with Crippen molar-refractivity contribution in [3.63, 3.8) is 0 Å². The summed E-state index contributed by atoms with van der Waals surface area (Å²) in [5.41, 5.74) is 0. The van der Waals surface area contributed by atoms with Gasteiger partial charge in [-0.25, -0.2) is 4.57 Å². The predicted octanol–water partition coefficient (Wildman–Crippen LogP) is 17.9. The van der Waals surface area contributed by atoms with E-state index in [0.29, 0.717) is 24.1 Å². The summed E-state index contributed by atoms with van der Waals surface area (Å²) in [6, 6.07) is 0. The minimum absolute atomic E-state index is 0.0907. The molecule has 0 aromatic carbocycles. The average Bonchev–Trinajstić information content (AvgIpc) is 3.28. The molecule has 0 aliphatic heterocycles. The molecule has 0 radical (unpaired) electrons. The summed E-state index contributed by atoms with van der Waals surface area (Å²) in [4.78, 5) is 23.1. The van der Waals surface area contributed by atoms with Crippen LogP contribution in [0.15, 0.2) is 24.3 Å². The monoisotopic (exact) mass is 955 g/mol.